The number of nitrogens with one attached hydrogen (secondary N) is 2. The third kappa shape index (κ3) is 6.65. The second-order valence-corrected chi connectivity index (χ2v) is 7.28. The highest BCUT2D eigenvalue weighted by atomic mass is 19.1. The van der Waals surface area contributed by atoms with Gasteiger partial charge in [0.1, 0.15) is 11.6 Å². The molecule has 2 atom stereocenters. The predicted molar refractivity (Wildman–Crippen MR) is 113 cm³/mol. The van der Waals surface area contributed by atoms with Crippen LogP contribution in [0.2, 0.25) is 0 Å². The van der Waals surface area contributed by atoms with Crippen LogP contribution in [-0.4, -0.2) is 23.9 Å². The van der Waals surface area contributed by atoms with Crippen LogP contribution >= 0.6 is 0 Å². The first-order valence-electron chi connectivity index (χ1n) is 9.98. The van der Waals surface area contributed by atoms with E-state index in [1.165, 1.54) is 36.4 Å². The Morgan fingerprint density at radius 2 is 1.07 bits per heavy atom. The molecule has 3 rings (SSSR count). The molecule has 2 N–H and O–H groups in total. The number of rotatable bonds is 6. The molecule has 1 aliphatic rings. The standard InChI is InChI=1S/C24H24F2N2O2/c25-19-11-5-17(6-12-19)9-15-23(29)27-21-3-1-2-4-22(21)28-24(30)16-10-18-7-13-20(26)14-8-18/h5-16,21-22H,1-4H2,(H,27,29)(H,28,30)/t21-,22-/m1/s1. The van der Waals surface area contributed by atoms with Crippen molar-refractivity contribution in [1.82, 2.24) is 10.6 Å². The minimum atomic E-state index is -0.328. The maximum atomic E-state index is 13.0. The van der Waals surface area contributed by atoms with E-state index in [2.05, 4.69) is 10.6 Å². The van der Waals surface area contributed by atoms with Gasteiger partial charge in [0.15, 0.2) is 0 Å². The largest absolute Gasteiger partial charge is 0.348 e. The van der Waals surface area contributed by atoms with Crippen LogP contribution in [0.1, 0.15) is 36.8 Å². The van der Waals surface area contributed by atoms with Crippen LogP contribution in [0.3, 0.4) is 0 Å². The molecule has 0 heterocycles. The SMILES string of the molecule is O=C(C=Cc1ccc(F)cc1)N[C@@H]1CCCC[C@H]1NC(=O)C=Cc1ccc(F)cc1. The molecule has 2 aromatic rings. The van der Waals surface area contributed by atoms with Crippen molar-refractivity contribution in [2.24, 2.45) is 0 Å². The molecular formula is C24H24F2N2O2. The second-order valence-electron chi connectivity index (χ2n) is 7.28. The van der Waals surface area contributed by atoms with Gasteiger partial charge in [-0.2, -0.15) is 0 Å². The van der Waals surface area contributed by atoms with Crippen molar-refractivity contribution >= 4 is 24.0 Å². The number of benzene rings is 2. The minimum Gasteiger partial charge on any atom is -0.348 e. The Morgan fingerprint density at radius 3 is 1.43 bits per heavy atom. The van der Waals surface area contributed by atoms with Gasteiger partial charge in [-0.3, -0.25) is 9.59 Å². The molecule has 2 aromatic carbocycles. The van der Waals surface area contributed by atoms with Gasteiger partial charge >= 0.3 is 0 Å². The molecule has 0 aromatic heterocycles. The first kappa shape index (κ1) is 21.4. The number of hydrogen-bond donors (Lipinski definition) is 2. The number of carbonyl (C=O) groups excluding carboxylic acids is 2. The molecule has 30 heavy (non-hydrogen) atoms. The number of carbonyl (C=O) groups is 2. The Bertz CT molecular complexity index is 844. The van der Waals surface area contributed by atoms with Gasteiger partial charge in [0, 0.05) is 24.2 Å². The van der Waals surface area contributed by atoms with Gasteiger partial charge in [-0.05, 0) is 60.4 Å². The zero-order valence-electron chi connectivity index (χ0n) is 16.5. The third-order valence-electron chi connectivity index (χ3n) is 5.02. The normalized spacial score (nSPS) is 19.1. The van der Waals surface area contributed by atoms with E-state index in [-0.39, 0.29) is 35.5 Å². The molecule has 0 bridgehead atoms. The third-order valence-corrected chi connectivity index (χ3v) is 5.02. The van der Waals surface area contributed by atoms with E-state index in [4.69, 9.17) is 0 Å². The van der Waals surface area contributed by atoms with E-state index in [0.29, 0.717) is 0 Å². The molecule has 0 radical (unpaired) electrons. The molecule has 0 aliphatic heterocycles. The first-order chi connectivity index (χ1) is 14.5. The summed E-state index contributed by atoms with van der Waals surface area (Å²) < 4.78 is 25.9. The van der Waals surface area contributed by atoms with Crippen molar-refractivity contribution in [3.63, 3.8) is 0 Å². The molecule has 1 saturated carbocycles. The average molecular weight is 410 g/mol. The Balaban J connectivity index is 1.54. The van der Waals surface area contributed by atoms with Crippen LogP contribution in [0.5, 0.6) is 0 Å². The lowest BCUT2D eigenvalue weighted by Gasteiger charge is -2.32. The van der Waals surface area contributed by atoms with Crippen LogP contribution in [0, 0.1) is 11.6 Å². The number of halogens is 2. The topological polar surface area (TPSA) is 58.2 Å². The van der Waals surface area contributed by atoms with Crippen molar-refractivity contribution in [2.45, 2.75) is 37.8 Å². The Hall–Kier alpha value is -3.28. The Labute approximate surface area is 174 Å². The highest BCUT2D eigenvalue weighted by Gasteiger charge is 2.26. The molecule has 6 heteroatoms. The lowest BCUT2D eigenvalue weighted by atomic mass is 9.90. The molecule has 0 saturated heterocycles. The summed E-state index contributed by atoms with van der Waals surface area (Å²) in [6.45, 7) is 0. The highest BCUT2D eigenvalue weighted by Crippen LogP contribution is 2.19. The molecule has 156 valence electrons. The van der Waals surface area contributed by atoms with Crippen LogP contribution < -0.4 is 10.6 Å². The smallest absolute Gasteiger partial charge is 0.244 e. The van der Waals surface area contributed by atoms with Crippen molar-refractivity contribution < 1.29 is 18.4 Å². The quantitative estimate of drug-likeness (QED) is 0.700. The predicted octanol–water partition coefficient (Wildman–Crippen LogP) is 4.24. The summed E-state index contributed by atoms with van der Waals surface area (Å²) in [6.07, 6.45) is 9.58. The van der Waals surface area contributed by atoms with E-state index >= 15 is 0 Å². The monoisotopic (exact) mass is 410 g/mol. The summed E-state index contributed by atoms with van der Waals surface area (Å²) in [5.41, 5.74) is 1.46. The summed E-state index contributed by atoms with van der Waals surface area (Å²) in [5.74, 6) is -1.17. The maximum Gasteiger partial charge on any atom is 0.244 e. The van der Waals surface area contributed by atoms with Gasteiger partial charge in [0.2, 0.25) is 11.8 Å². The summed E-state index contributed by atoms with van der Waals surface area (Å²) in [5, 5.41) is 5.91. The van der Waals surface area contributed by atoms with Crippen molar-refractivity contribution in [3.05, 3.63) is 83.4 Å². The lowest BCUT2D eigenvalue weighted by molar-refractivity contribution is -0.120. The van der Waals surface area contributed by atoms with Gasteiger partial charge < -0.3 is 10.6 Å². The number of hydrogen-bond acceptors (Lipinski definition) is 2. The van der Waals surface area contributed by atoms with Crippen molar-refractivity contribution in [1.29, 1.82) is 0 Å². The highest BCUT2D eigenvalue weighted by molar-refractivity contribution is 5.93. The summed E-state index contributed by atoms with van der Waals surface area (Å²) in [4.78, 5) is 24.6. The van der Waals surface area contributed by atoms with Gasteiger partial charge in [-0.25, -0.2) is 8.78 Å². The Kier molecular flexibility index (Phi) is 7.49. The van der Waals surface area contributed by atoms with E-state index < -0.39 is 0 Å². The molecule has 2 amide bonds. The van der Waals surface area contributed by atoms with Crippen molar-refractivity contribution in [3.8, 4) is 0 Å². The fourth-order valence-corrected chi connectivity index (χ4v) is 3.43. The van der Waals surface area contributed by atoms with E-state index in [0.717, 1.165) is 36.8 Å². The molecule has 0 spiro atoms. The van der Waals surface area contributed by atoms with Crippen LogP contribution in [-0.2, 0) is 9.59 Å². The summed E-state index contributed by atoms with van der Waals surface area (Å²) in [6, 6.07) is 11.4. The fraction of sp³-hybridized carbons (Fsp3) is 0.250. The van der Waals surface area contributed by atoms with Crippen molar-refractivity contribution in [2.75, 3.05) is 0 Å². The van der Waals surface area contributed by atoms with Gasteiger partial charge in [0.05, 0.1) is 0 Å². The van der Waals surface area contributed by atoms with E-state index in [9.17, 15) is 18.4 Å². The molecule has 1 aliphatic carbocycles. The van der Waals surface area contributed by atoms with Crippen LogP contribution in [0.25, 0.3) is 12.2 Å². The average Bonchev–Trinajstić information content (AvgIpc) is 2.74. The van der Waals surface area contributed by atoms with Gasteiger partial charge in [0.25, 0.3) is 0 Å². The summed E-state index contributed by atoms with van der Waals surface area (Å²) in [7, 11) is 0. The zero-order chi connectivity index (χ0) is 21.3. The van der Waals surface area contributed by atoms with Gasteiger partial charge in [-0.15, -0.1) is 0 Å². The van der Waals surface area contributed by atoms with Gasteiger partial charge in [-0.1, -0.05) is 37.1 Å². The molecular weight excluding hydrogens is 386 g/mol. The first-order valence-corrected chi connectivity index (χ1v) is 9.98. The minimum absolute atomic E-state index is 0.160. The zero-order valence-corrected chi connectivity index (χ0v) is 16.5. The fourth-order valence-electron chi connectivity index (χ4n) is 3.43. The van der Waals surface area contributed by atoms with E-state index in [1.54, 1.807) is 36.4 Å². The van der Waals surface area contributed by atoms with Crippen LogP contribution in [0.4, 0.5) is 8.78 Å². The molecule has 4 nitrogen and oxygen atoms in total. The summed E-state index contributed by atoms with van der Waals surface area (Å²) >= 11 is 0. The van der Waals surface area contributed by atoms with Crippen LogP contribution in [0.15, 0.2) is 60.7 Å². The maximum absolute atomic E-state index is 13.0. The van der Waals surface area contributed by atoms with E-state index in [1.807, 2.05) is 0 Å². The Morgan fingerprint density at radius 1 is 0.700 bits per heavy atom. The molecule has 1 fully saturated rings. The lowest BCUT2D eigenvalue weighted by Crippen LogP contribution is -2.52. The second kappa shape index (κ2) is 10.5. The molecule has 0 unspecified atom stereocenters. The number of amides is 2.